The second-order valence-electron chi connectivity index (χ2n) is 1.35. The van der Waals surface area contributed by atoms with Crippen LogP contribution in [0.15, 0.2) is 9.52 Å². The lowest BCUT2D eigenvalue weighted by Crippen LogP contribution is -2.19. The number of carbonyl (C=O) groups is 1. The summed E-state index contributed by atoms with van der Waals surface area (Å²) in [5, 5.41) is 16.2. The van der Waals surface area contributed by atoms with Crippen LogP contribution in [0.3, 0.4) is 0 Å². The molecule has 10 heavy (non-hydrogen) atoms. The molecule has 1 atom stereocenters. The van der Waals surface area contributed by atoms with Crippen LogP contribution in [-0.4, -0.2) is 22.3 Å². The monoisotopic (exact) mass is 204 g/mol. The molecule has 2 N–H and O–H groups in total. The van der Waals surface area contributed by atoms with Crippen LogP contribution in [0.4, 0.5) is 0 Å². The van der Waals surface area contributed by atoms with Gasteiger partial charge in [0.2, 0.25) is 0 Å². The standard InChI is InChI=1S/C4H3Cl3O3/c5-1(3(6)7)2(8)4(9)10/h2,8H,(H,9,10). The summed E-state index contributed by atoms with van der Waals surface area (Å²) in [5.41, 5.74) is 0. The predicted molar refractivity (Wildman–Crippen MR) is 38.2 cm³/mol. The van der Waals surface area contributed by atoms with E-state index in [2.05, 4.69) is 0 Å². The molecule has 0 saturated heterocycles. The van der Waals surface area contributed by atoms with E-state index in [0.29, 0.717) is 0 Å². The summed E-state index contributed by atoms with van der Waals surface area (Å²) in [5.74, 6) is -1.50. The van der Waals surface area contributed by atoms with E-state index in [0.717, 1.165) is 0 Å². The van der Waals surface area contributed by atoms with Crippen molar-refractivity contribution >= 4 is 40.8 Å². The molecule has 0 bridgehead atoms. The van der Waals surface area contributed by atoms with Gasteiger partial charge >= 0.3 is 5.97 Å². The molecule has 0 aromatic heterocycles. The Kier molecular flexibility index (Phi) is 4.05. The molecule has 0 aliphatic rings. The summed E-state index contributed by atoms with van der Waals surface area (Å²) in [7, 11) is 0. The highest BCUT2D eigenvalue weighted by Crippen LogP contribution is 2.20. The van der Waals surface area contributed by atoms with Crippen LogP contribution < -0.4 is 0 Å². The van der Waals surface area contributed by atoms with Gasteiger partial charge in [-0.25, -0.2) is 4.79 Å². The minimum Gasteiger partial charge on any atom is -0.479 e. The van der Waals surface area contributed by atoms with Gasteiger partial charge in [0.15, 0.2) is 6.10 Å². The molecule has 0 radical (unpaired) electrons. The molecule has 0 spiro atoms. The predicted octanol–water partition coefficient (Wildman–Crippen LogP) is 1.32. The van der Waals surface area contributed by atoms with Crippen LogP contribution in [0.25, 0.3) is 0 Å². The van der Waals surface area contributed by atoms with Crippen LogP contribution in [0.5, 0.6) is 0 Å². The minimum atomic E-state index is -1.84. The average molecular weight is 205 g/mol. The molecular formula is C4H3Cl3O3. The van der Waals surface area contributed by atoms with Crippen molar-refractivity contribution in [3.8, 4) is 0 Å². The van der Waals surface area contributed by atoms with Gasteiger partial charge in [-0.3, -0.25) is 0 Å². The second kappa shape index (κ2) is 4.03. The van der Waals surface area contributed by atoms with Crippen molar-refractivity contribution < 1.29 is 15.0 Å². The van der Waals surface area contributed by atoms with Gasteiger partial charge in [0.25, 0.3) is 0 Å². The Morgan fingerprint density at radius 2 is 1.70 bits per heavy atom. The third-order valence-corrected chi connectivity index (χ3v) is 1.65. The maximum atomic E-state index is 9.96. The molecular weight excluding hydrogens is 202 g/mol. The van der Waals surface area contributed by atoms with E-state index in [1.165, 1.54) is 0 Å². The van der Waals surface area contributed by atoms with Crippen LogP contribution in [-0.2, 0) is 4.79 Å². The van der Waals surface area contributed by atoms with E-state index in [-0.39, 0.29) is 0 Å². The number of carboxylic acid groups (broad SMARTS) is 1. The van der Waals surface area contributed by atoms with Crippen LogP contribution in [0.2, 0.25) is 0 Å². The molecule has 0 amide bonds. The Labute approximate surface area is 71.8 Å². The number of halogens is 3. The van der Waals surface area contributed by atoms with Gasteiger partial charge in [0, 0.05) is 0 Å². The topological polar surface area (TPSA) is 57.5 Å². The largest absolute Gasteiger partial charge is 0.479 e. The summed E-state index contributed by atoms with van der Waals surface area (Å²) < 4.78 is -0.448. The normalized spacial score (nSPS) is 12.4. The number of aliphatic hydroxyl groups excluding tert-OH is 1. The molecule has 0 aliphatic heterocycles. The minimum absolute atomic E-state index is 0.448. The number of carboxylic acids is 1. The van der Waals surface area contributed by atoms with Gasteiger partial charge in [0.1, 0.15) is 4.49 Å². The first kappa shape index (κ1) is 10.0. The van der Waals surface area contributed by atoms with Crippen molar-refractivity contribution in [1.82, 2.24) is 0 Å². The van der Waals surface area contributed by atoms with Crippen LogP contribution in [0.1, 0.15) is 0 Å². The fraction of sp³-hybridized carbons (Fsp3) is 0.250. The Morgan fingerprint density at radius 1 is 1.30 bits per heavy atom. The molecule has 6 heteroatoms. The quantitative estimate of drug-likeness (QED) is 0.715. The summed E-state index contributed by atoms with van der Waals surface area (Å²) in [6, 6.07) is 0. The van der Waals surface area contributed by atoms with Crippen molar-refractivity contribution in [2.24, 2.45) is 0 Å². The lowest BCUT2D eigenvalue weighted by Gasteiger charge is -2.01. The smallest absolute Gasteiger partial charge is 0.338 e. The van der Waals surface area contributed by atoms with E-state index in [1.807, 2.05) is 0 Å². The van der Waals surface area contributed by atoms with E-state index < -0.39 is 21.6 Å². The van der Waals surface area contributed by atoms with E-state index in [9.17, 15) is 4.79 Å². The van der Waals surface area contributed by atoms with Gasteiger partial charge < -0.3 is 10.2 Å². The maximum Gasteiger partial charge on any atom is 0.338 e. The summed E-state index contributed by atoms with van der Waals surface area (Å²) in [4.78, 5) is 9.96. The number of aliphatic carboxylic acids is 1. The number of hydrogen-bond donors (Lipinski definition) is 2. The van der Waals surface area contributed by atoms with E-state index in [4.69, 9.17) is 45.0 Å². The first-order valence-corrected chi connectivity index (χ1v) is 3.21. The highest BCUT2D eigenvalue weighted by molar-refractivity contribution is 6.59. The number of rotatable bonds is 2. The van der Waals surface area contributed by atoms with Gasteiger partial charge in [0.05, 0.1) is 5.03 Å². The van der Waals surface area contributed by atoms with E-state index in [1.54, 1.807) is 0 Å². The Morgan fingerprint density at radius 3 is 1.80 bits per heavy atom. The zero-order valence-corrected chi connectivity index (χ0v) is 6.78. The first-order chi connectivity index (χ1) is 4.46. The highest BCUT2D eigenvalue weighted by Gasteiger charge is 2.19. The second-order valence-corrected chi connectivity index (χ2v) is 2.71. The highest BCUT2D eigenvalue weighted by atomic mass is 35.5. The third-order valence-electron chi connectivity index (χ3n) is 0.655. The molecule has 3 nitrogen and oxygen atoms in total. The summed E-state index contributed by atoms with van der Waals surface area (Å²) in [6.45, 7) is 0. The molecule has 0 saturated carbocycles. The molecule has 0 aliphatic carbocycles. The maximum absolute atomic E-state index is 9.96. The molecule has 0 heterocycles. The molecule has 0 rings (SSSR count). The zero-order chi connectivity index (χ0) is 8.31. The Balaban J connectivity index is 4.37. The molecule has 58 valence electrons. The van der Waals surface area contributed by atoms with Crippen molar-refractivity contribution in [1.29, 1.82) is 0 Å². The lowest BCUT2D eigenvalue weighted by molar-refractivity contribution is -0.144. The zero-order valence-electron chi connectivity index (χ0n) is 4.51. The van der Waals surface area contributed by atoms with E-state index >= 15 is 0 Å². The third kappa shape index (κ3) is 2.75. The number of aliphatic hydroxyl groups is 1. The average Bonchev–Trinajstić information content (AvgIpc) is 1.84. The van der Waals surface area contributed by atoms with Crippen molar-refractivity contribution in [2.45, 2.75) is 6.10 Å². The first-order valence-electron chi connectivity index (χ1n) is 2.08. The SMILES string of the molecule is O=C(O)C(O)C(Cl)=C(Cl)Cl. The Bertz CT molecular complexity index is 173. The lowest BCUT2D eigenvalue weighted by atomic mass is 10.4. The van der Waals surface area contributed by atoms with Gasteiger partial charge in [-0.1, -0.05) is 34.8 Å². The number of hydrogen-bond acceptors (Lipinski definition) is 2. The molecule has 0 aromatic rings. The van der Waals surface area contributed by atoms with Crippen LogP contribution in [0, 0.1) is 0 Å². The molecule has 0 fully saturated rings. The van der Waals surface area contributed by atoms with Gasteiger partial charge in [-0.2, -0.15) is 0 Å². The van der Waals surface area contributed by atoms with Crippen molar-refractivity contribution in [3.63, 3.8) is 0 Å². The van der Waals surface area contributed by atoms with Crippen LogP contribution >= 0.6 is 34.8 Å². The fourth-order valence-electron chi connectivity index (χ4n) is 0.212. The Hall–Kier alpha value is 0.0400. The fourth-order valence-corrected chi connectivity index (χ4v) is 0.512. The molecule has 1 unspecified atom stereocenters. The molecule has 0 aromatic carbocycles. The summed E-state index contributed by atoms with van der Waals surface area (Å²) >= 11 is 15.3. The van der Waals surface area contributed by atoms with Crippen molar-refractivity contribution in [3.05, 3.63) is 9.52 Å². The van der Waals surface area contributed by atoms with Crippen molar-refractivity contribution in [2.75, 3.05) is 0 Å². The summed E-state index contributed by atoms with van der Waals surface area (Å²) in [6.07, 6.45) is -1.84. The van der Waals surface area contributed by atoms with Gasteiger partial charge in [-0.15, -0.1) is 0 Å². The van der Waals surface area contributed by atoms with Gasteiger partial charge in [-0.05, 0) is 0 Å².